The number of hydrogen-bond donors (Lipinski definition) is 2. The van der Waals surface area contributed by atoms with Crippen LogP contribution < -0.4 is 10.6 Å². The van der Waals surface area contributed by atoms with Crippen molar-refractivity contribution in [3.05, 3.63) is 12.0 Å². The summed E-state index contributed by atoms with van der Waals surface area (Å²) >= 11 is 1.93. The lowest BCUT2D eigenvalue weighted by Gasteiger charge is -2.43. The van der Waals surface area contributed by atoms with Gasteiger partial charge >= 0.3 is 0 Å². The number of guanidine groups is 1. The van der Waals surface area contributed by atoms with Gasteiger partial charge in [0.05, 0.1) is 19.0 Å². The number of hydrogen-bond acceptors (Lipinski definition) is 6. The molecule has 1 aliphatic carbocycles. The fourth-order valence-corrected chi connectivity index (χ4v) is 4.79. The highest BCUT2D eigenvalue weighted by molar-refractivity contribution is 14.1. The summed E-state index contributed by atoms with van der Waals surface area (Å²) in [6.07, 6.45) is 10.6. The third-order valence-electron chi connectivity index (χ3n) is 6.05. The van der Waals surface area contributed by atoms with E-state index in [1.54, 1.807) is 13.4 Å². The van der Waals surface area contributed by atoms with Crippen LogP contribution >= 0.6 is 23.0 Å². The van der Waals surface area contributed by atoms with Crippen LogP contribution in [0, 0.1) is 0 Å². The highest BCUT2D eigenvalue weighted by Gasteiger charge is 2.34. The second-order valence-corrected chi connectivity index (χ2v) is 8.84. The maximum atomic E-state index is 11.7. The van der Waals surface area contributed by atoms with E-state index < -0.39 is 0 Å². The fourth-order valence-electron chi connectivity index (χ4n) is 4.39. The molecule has 3 rings (SSSR count). The van der Waals surface area contributed by atoms with E-state index in [1.807, 2.05) is 27.6 Å². The molecule has 1 aromatic heterocycles. The largest absolute Gasteiger partial charge is 0.356 e. The molecule has 0 radical (unpaired) electrons. The summed E-state index contributed by atoms with van der Waals surface area (Å²) in [5.41, 5.74) is 0.346. The molecule has 0 aromatic carbocycles. The monoisotopic (exact) mass is 546 g/mol. The number of halogens is 1. The number of nitrogens with zero attached hydrogens (tertiary/aromatic N) is 4. The number of aldehydes is 1. The van der Waals surface area contributed by atoms with Gasteiger partial charge in [-0.15, -0.1) is 0 Å². The number of carbonyl (C=O) groups is 1. The zero-order valence-corrected chi connectivity index (χ0v) is 20.7. The molecular formula is C21H35IN6O3. The SMILES string of the molecule is CCCCNC(=NC)Nc1c(C=O)ncn1C1CN(C2CCCCC2)CC(COI)O1. The molecular weight excluding hydrogens is 511 g/mol. The minimum Gasteiger partial charge on any atom is -0.356 e. The number of imidazole rings is 1. The molecule has 1 aliphatic heterocycles. The summed E-state index contributed by atoms with van der Waals surface area (Å²) in [4.78, 5) is 22.8. The first-order valence-electron chi connectivity index (χ1n) is 11.3. The van der Waals surface area contributed by atoms with Crippen molar-refractivity contribution in [1.82, 2.24) is 19.8 Å². The molecule has 0 bridgehead atoms. The van der Waals surface area contributed by atoms with Crippen LogP contribution in [0.5, 0.6) is 0 Å². The number of ether oxygens (including phenoxy) is 1. The lowest BCUT2D eigenvalue weighted by molar-refractivity contribution is -0.138. The van der Waals surface area contributed by atoms with E-state index in [-0.39, 0.29) is 12.3 Å². The first-order valence-corrected chi connectivity index (χ1v) is 12.2. The standard InChI is InChI=1S/C21H35IN6O3/c1-3-4-10-24-21(23-2)26-20-18(13-29)25-15-28(20)19-12-27(11-17(31-19)14-30-22)16-8-6-5-7-9-16/h13,15-17,19H,3-12,14H2,1-2H3,(H2,23,24,26). The molecule has 9 nitrogen and oxygen atoms in total. The van der Waals surface area contributed by atoms with Crippen molar-refractivity contribution in [2.24, 2.45) is 4.99 Å². The van der Waals surface area contributed by atoms with Crippen LogP contribution in [-0.2, 0) is 7.80 Å². The van der Waals surface area contributed by atoms with Crippen molar-refractivity contribution < 1.29 is 12.6 Å². The predicted octanol–water partition coefficient (Wildman–Crippen LogP) is 3.38. The molecule has 2 aliphatic rings. The zero-order chi connectivity index (χ0) is 22.1. The Hall–Kier alpha value is -1.24. The van der Waals surface area contributed by atoms with Crippen molar-refractivity contribution in [3.63, 3.8) is 0 Å². The molecule has 1 aromatic rings. The molecule has 2 heterocycles. The van der Waals surface area contributed by atoms with E-state index in [9.17, 15) is 4.79 Å². The van der Waals surface area contributed by atoms with Gasteiger partial charge in [-0.05, 0) is 19.3 Å². The van der Waals surface area contributed by atoms with E-state index >= 15 is 0 Å². The Kier molecular flexibility index (Phi) is 10.0. The first-order chi connectivity index (χ1) is 15.2. The summed E-state index contributed by atoms with van der Waals surface area (Å²) in [5.74, 6) is 1.22. The highest BCUT2D eigenvalue weighted by Crippen LogP contribution is 2.31. The molecule has 2 fully saturated rings. The van der Waals surface area contributed by atoms with Gasteiger partial charge < -0.3 is 18.4 Å². The van der Waals surface area contributed by atoms with E-state index in [4.69, 9.17) is 7.80 Å². The maximum Gasteiger partial charge on any atom is 0.196 e. The third kappa shape index (κ3) is 6.62. The number of unbranched alkanes of at least 4 members (excludes halogenated alkanes) is 1. The van der Waals surface area contributed by atoms with Crippen LogP contribution in [0.2, 0.25) is 0 Å². The topological polar surface area (TPSA) is 93.0 Å². The maximum absolute atomic E-state index is 11.7. The van der Waals surface area contributed by atoms with Crippen molar-refractivity contribution in [2.75, 3.05) is 38.6 Å². The molecule has 0 amide bonds. The van der Waals surface area contributed by atoms with Crippen molar-refractivity contribution >= 4 is 41.1 Å². The van der Waals surface area contributed by atoms with Gasteiger partial charge in [-0.1, -0.05) is 32.6 Å². The molecule has 2 unspecified atom stereocenters. The second kappa shape index (κ2) is 12.7. The average molecular weight is 546 g/mol. The van der Waals surface area contributed by atoms with Crippen LogP contribution in [-0.4, -0.2) is 72.1 Å². The minimum atomic E-state index is -0.260. The van der Waals surface area contributed by atoms with E-state index in [2.05, 4.69) is 32.4 Å². The predicted molar refractivity (Wildman–Crippen MR) is 130 cm³/mol. The number of nitrogens with one attached hydrogen (secondary N) is 2. The Bertz CT molecular complexity index is 722. The Morgan fingerprint density at radius 2 is 2.19 bits per heavy atom. The van der Waals surface area contributed by atoms with Gasteiger partial charge in [0, 0.05) is 32.7 Å². The van der Waals surface area contributed by atoms with Gasteiger partial charge in [0.1, 0.15) is 40.7 Å². The Morgan fingerprint density at radius 3 is 2.87 bits per heavy atom. The number of morpholine rings is 1. The normalized spacial score (nSPS) is 23.6. The van der Waals surface area contributed by atoms with Crippen LogP contribution in [0.4, 0.5) is 5.82 Å². The Morgan fingerprint density at radius 1 is 1.39 bits per heavy atom. The number of anilines is 1. The Labute approximate surface area is 199 Å². The summed E-state index contributed by atoms with van der Waals surface area (Å²) in [6, 6.07) is 0.575. The molecule has 31 heavy (non-hydrogen) atoms. The van der Waals surface area contributed by atoms with Gasteiger partial charge in [-0.3, -0.25) is 19.3 Å². The molecule has 0 spiro atoms. The molecule has 2 atom stereocenters. The summed E-state index contributed by atoms with van der Waals surface area (Å²) in [5, 5.41) is 6.56. The number of rotatable bonds is 9. The fraction of sp³-hybridized carbons (Fsp3) is 0.762. The third-order valence-corrected chi connectivity index (χ3v) is 6.41. The Balaban J connectivity index is 1.80. The van der Waals surface area contributed by atoms with E-state index in [0.717, 1.165) is 38.8 Å². The van der Waals surface area contributed by atoms with Gasteiger partial charge in [0.2, 0.25) is 0 Å². The average Bonchev–Trinajstić information content (AvgIpc) is 3.21. The van der Waals surface area contributed by atoms with Crippen LogP contribution in [0.15, 0.2) is 11.3 Å². The summed E-state index contributed by atoms with van der Waals surface area (Å²) < 4.78 is 13.7. The number of carbonyl (C=O) groups excluding carboxylic acids is 1. The number of aliphatic imine (C=N–C) groups is 1. The zero-order valence-electron chi connectivity index (χ0n) is 18.6. The lowest BCUT2D eigenvalue weighted by atomic mass is 9.93. The van der Waals surface area contributed by atoms with Crippen LogP contribution in [0.3, 0.4) is 0 Å². The summed E-state index contributed by atoms with van der Waals surface area (Å²) in [6.45, 7) is 5.10. The van der Waals surface area contributed by atoms with Crippen molar-refractivity contribution in [3.8, 4) is 0 Å². The quantitative estimate of drug-likeness (QED) is 0.161. The molecule has 1 saturated heterocycles. The van der Waals surface area contributed by atoms with Crippen LogP contribution in [0.25, 0.3) is 0 Å². The smallest absolute Gasteiger partial charge is 0.196 e. The highest BCUT2D eigenvalue weighted by atomic mass is 127. The van der Waals surface area contributed by atoms with Gasteiger partial charge in [0.25, 0.3) is 0 Å². The van der Waals surface area contributed by atoms with Crippen molar-refractivity contribution in [2.45, 2.75) is 70.2 Å². The minimum absolute atomic E-state index is 0.0329. The molecule has 2 N–H and O–H groups in total. The van der Waals surface area contributed by atoms with E-state index in [0.29, 0.717) is 30.1 Å². The molecule has 10 heteroatoms. The van der Waals surface area contributed by atoms with Crippen LogP contribution in [0.1, 0.15) is 68.6 Å². The number of aromatic nitrogens is 2. The summed E-state index contributed by atoms with van der Waals surface area (Å²) in [7, 11) is 1.72. The lowest BCUT2D eigenvalue weighted by Crippen LogP contribution is -2.51. The van der Waals surface area contributed by atoms with Gasteiger partial charge in [0.15, 0.2) is 12.2 Å². The first kappa shape index (κ1) is 24.4. The second-order valence-electron chi connectivity index (χ2n) is 8.22. The van der Waals surface area contributed by atoms with E-state index in [1.165, 1.54) is 32.1 Å². The molecule has 1 saturated carbocycles. The van der Waals surface area contributed by atoms with Gasteiger partial charge in [-0.25, -0.2) is 4.98 Å². The molecule has 174 valence electrons. The van der Waals surface area contributed by atoms with Gasteiger partial charge in [-0.2, -0.15) is 0 Å². The van der Waals surface area contributed by atoms with Crippen molar-refractivity contribution in [1.29, 1.82) is 0 Å².